The number of nitrogens with zero attached hydrogens (tertiary/aromatic N) is 1. The summed E-state index contributed by atoms with van der Waals surface area (Å²) in [7, 11) is 0. The molecule has 2 heterocycles. The number of likely N-dealkylation sites (tertiary alicyclic amines) is 1. The topological polar surface area (TPSA) is 50.5 Å². The summed E-state index contributed by atoms with van der Waals surface area (Å²) in [6.07, 6.45) is 1.11. The van der Waals surface area contributed by atoms with Gasteiger partial charge in [0.25, 0.3) is 5.91 Å². The lowest BCUT2D eigenvalue weighted by atomic mass is 9.91. The minimum Gasteiger partial charge on any atom is -0.422 e. The van der Waals surface area contributed by atoms with E-state index < -0.39 is 5.63 Å². The third-order valence-electron chi connectivity index (χ3n) is 5.03. The number of carbonyl (C=O) groups excluding carboxylic acids is 1. The smallest absolute Gasteiger partial charge is 0.349 e. The fourth-order valence-corrected chi connectivity index (χ4v) is 4.02. The van der Waals surface area contributed by atoms with E-state index in [1.807, 2.05) is 30.3 Å². The van der Waals surface area contributed by atoms with Gasteiger partial charge in [-0.3, -0.25) is 4.79 Å². The second kappa shape index (κ2) is 6.03. The van der Waals surface area contributed by atoms with Gasteiger partial charge in [-0.1, -0.05) is 44.2 Å². The molecule has 0 bridgehead atoms. The monoisotopic (exact) mass is 335 g/mol. The predicted octanol–water partition coefficient (Wildman–Crippen LogP) is 4.06. The molecule has 25 heavy (non-hydrogen) atoms. The fraction of sp³-hybridized carbons (Fsp3) is 0.333. The Kier molecular flexibility index (Phi) is 3.83. The molecule has 0 saturated carbocycles. The molecule has 1 saturated heterocycles. The van der Waals surface area contributed by atoms with Crippen molar-refractivity contribution in [3.63, 3.8) is 0 Å². The van der Waals surface area contributed by atoms with E-state index in [2.05, 4.69) is 13.8 Å². The van der Waals surface area contributed by atoms with E-state index in [1.165, 1.54) is 0 Å². The summed E-state index contributed by atoms with van der Waals surface area (Å²) >= 11 is 0. The van der Waals surface area contributed by atoms with Gasteiger partial charge in [-0.25, -0.2) is 4.79 Å². The van der Waals surface area contributed by atoms with Crippen LogP contribution in [0.15, 0.2) is 51.7 Å². The Balaban J connectivity index is 1.84. The molecule has 0 radical (unpaired) electrons. The Morgan fingerprint density at radius 1 is 1.04 bits per heavy atom. The normalized spacial score (nSPS) is 21.0. The lowest BCUT2D eigenvalue weighted by Crippen LogP contribution is -2.43. The number of benzene rings is 2. The van der Waals surface area contributed by atoms with Crippen molar-refractivity contribution in [1.29, 1.82) is 0 Å². The summed E-state index contributed by atoms with van der Waals surface area (Å²) in [6, 6.07) is 13.3. The third-order valence-corrected chi connectivity index (χ3v) is 5.03. The highest BCUT2D eigenvalue weighted by atomic mass is 16.4. The molecular formula is C21H21NO3. The van der Waals surface area contributed by atoms with Crippen LogP contribution >= 0.6 is 0 Å². The maximum absolute atomic E-state index is 13.0. The molecule has 2 atom stereocenters. The highest BCUT2D eigenvalue weighted by Gasteiger charge is 2.28. The minimum atomic E-state index is -0.557. The van der Waals surface area contributed by atoms with Gasteiger partial charge in [0.15, 0.2) is 0 Å². The van der Waals surface area contributed by atoms with E-state index in [9.17, 15) is 9.59 Å². The molecule has 1 amide bonds. The molecule has 4 nitrogen and oxygen atoms in total. The van der Waals surface area contributed by atoms with Gasteiger partial charge < -0.3 is 9.32 Å². The van der Waals surface area contributed by atoms with E-state index >= 15 is 0 Å². The summed E-state index contributed by atoms with van der Waals surface area (Å²) in [4.78, 5) is 27.2. The van der Waals surface area contributed by atoms with Gasteiger partial charge in [0.05, 0.1) is 0 Å². The summed E-state index contributed by atoms with van der Waals surface area (Å²) in [6.45, 7) is 5.67. The van der Waals surface area contributed by atoms with E-state index in [0.717, 1.165) is 22.6 Å². The molecule has 2 aromatic carbocycles. The zero-order chi connectivity index (χ0) is 17.6. The number of carbonyl (C=O) groups is 1. The van der Waals surface area contributed by atoms with Crippen LogP contribution in [0.4, 0.5) is 0 Å². The maximum Gasteiger partial charge on any atom is 0.349 e. The molecule has 1 aromatic heterocycles. The predicted molar refractivity (Wildman–Crippen MR) is 98.8 cm³/mol. The van der Waals surface area contributed by atoms with Gasteiger partial charge in [-0.2, -0.15) is 0 Å². The number of fused-ring (bicyclic) bond motifs is 3. The molecule has 0 aliphatic carbocycles. The summed E-state index contributed by atoms with van der Waals surface area (Å²) < 4.78 is 5.46. The largest absolute Gasteiger partial charge is 0.422 e. The highest BCUT2D eigenvalue weighted by molar-refractivity contribution is 6.07. The van der Waals surface area contributed by atoms with Gasteiger partial charge in [-0.15, -0.1) is 0 Å². The standard InChI is InChI=1S/C21H21NO3/c1-13-9-14(2)12-22(11-13)20(23)18-10-17-16-6-4-3-5-15(16)7-8-19(17)25-21(18)24/h3-8,10,13-14H,9,11-12H2,1-2H3. The van der Waals surface area contributed by atoms with Gasteiger partial charge in [0.2, 0.25) is 0 Å². The van der Waals surface area contributed by atoms with Gasteiger partial charge in [0.1, 0.15) is 11.1 Å². The van der Waals surface area contributed by atoms with Gasteiger partial charge in [-0.05, 0) is 41.2 Å². The van der Waals surface area contributed by atoms with E-state index in [-0.39, 0.29) is 11.5 Å². The van der Waals surface area contributed by atoms with E-state index in [4.69, 9.17) is 4.42 Å². The lowest BCUT2D eigenvalue weighted by molar-refractivity contribution is 0.0619. The quantitative estimate of drug-likeness (QED) is 0.498. The first-order valence-corrected chi connectivity index (χ1v) is 8.78. The maximum atomic E-state index is 13.0. The van der Waals surface area contributed by atoms with Crippen molar-refractivity contribution in [3.05, 3.63) is 58.4 Å². The summed E-state index contributed by atoms with van der Waals surface area (Å²) in [5, 5.41) is 2.85. The van der Waals surface area contributed by atoms with E-state index in [0.29, 0.717) is 30.5 Å². The molecule has 4 heteroatoms. The number of rotatable bonds is 1. The van der Waals surface area contributed by atoms with Crippen LogP contribution in [0.3, 0.4) is 0 Å². The van der Waals surface area contributed by atoms with Crippen molar-refractivity contribution >= 4 is 27.6 Å². The van der Waals surface area contributed by atoms with Crippen LogP contribution in [0, 0.1) is 11.8 Å². The Morgan fingerprint density at radius 2 is 1.76 bits per heavy atom. The number of hydrogen-bond donors (Lipinski definition) is 0. The van der Waals surface area contributed by atoms with Crippen molar-refractivity contribution in [1.82, 2.24) is 4.90 Å². The fourth-order valence-electron chi connectivity index (χ4n) is 4.02. The Hall–Kier alpha value is -2.62. The first-order valence-electron chi connectivity index (χ1n) is 8.78. The van der Waals surface area contributed by atoms with Crippen LogP contribution in [0.2, 0.25) is 0 Å². The van der Waals surface area contributed by atoms with E-state index in [1.54, 1.807) is 17.0 Å². The molecule has 1 aliphatic rings. The second-order valence-electron chi connectivity index (χ2n) is 7.30. The average molecular weight is 335 g/mol. The minimum absolute atomic E-state index is 0.130. The second-order valence-corrected chi connectivity index (χ2v) is 7.30. The molecule has 128 valence electrons. The van der Waals surface area contributed by atoms with Crippen molar-refractivity contribution in [3.8, 4) is 0 Å². The summed E-state index contributed by atoms with van der Waals surface area (Å²) in [5.74, 6) is 0.670. The average Bonchev–Trinajstić information content (AvgIpc) is 2.59. The zero-order valence-corrected chi connectivity index (χ0v) is 14.5. The van der Waals surface area contributed by atoms with Crippen LogP contribution in [-0.2, 0) is 0 Å². The van der Waals surface area contributed by atoms with Crippen molar-refractivity contribution in [2.45, 2.75) is 20.3 Å². The number of piperidine rings is 1. The lowest BCUT2D eigenvalue weighted by Gasteiger charge is -2.34. The van der Waals surface area contributed by atoms with Crippen LogP contribution in [0.1, 0.15) is 30.6 Å². The molecule has 1 fully saturated rings. The molecule has 1 aliphatic heterocycles. The van der Waals surface area contributed by atoms with Crippen molar-refractivity contribution in [2.75, 3.05) is 13.1 Å². The van der Waals surface area contributed by atoms with Gasteiger partial charge in [0, 0.05) is 18.5 Å². The zero-order valence-electron chi connectivity index (χ0n) is 14.5. The molecule has 4 rings (SSSR count). The summed E-state index contributed by atoms with van der Waals surface area (Å²) in [5.41, 5.74) is 0.0874. The number of amides is 1. The van der Waals surface area contributed by atoms with Crippen LogP contribution < -0.4 is 5.63 Å². The first-order chi connectivity index (χ1) is 12.0. The van der Waals surface area contributed by atoms with Gasteiger partial charge >= 0.3 is 5.63 Å². The van der Waals surface area contributed by atoms with Crippen LogP contribution in [0.25, 0.3) is 21.7 Å². The van der Waals surface area contributed by atoms with Crippen molar-refractivity contribution in [2.24, 2.45) is 11.8 Å². The highest BCUT2D eigenvalue weighted by Crippen LogP contribution is 2.26. The SMILES string of the molecule is CC1CC(C)CN(C(=O)c2cc3c(ccc4ccccc43)oc2=O)C1. The Bertz CT molecular complexity index is 1010. The Labute approximate surface area is 146 Å². The van der Waals surface area contributed by atoms with Crippen LogP contribution in [-0.4, -0.2) is 23.9 Å². The van der Waals surface area contributed by atoms with Crippen molar-refractivity contribution < 1.29 is 9.21 Å². The molecule has 0 N–H and O–H groups in total. The molecule has 2 unspecified atom stereocenters. The number of hydrogen-bond acceptors (Lipinski definition) is 3. The third kappa shape index (κ3) is 2.82. The molecule has 3 aromatic rings. The molecular weight excluding hydrogens is 314 g/mol. The Morgan fingerprint density at radius 3 is 2.52 bits per heavy atom. The first kappa shape index (κ1) is 15.9. The van der Waals surface area contributed by atoms with Crippen LogP contribution in [0.5, 0.6) is 0 Å². The molecule has 0 spiro atoms.